The molecule has 2 heteroatoms. The van der Waals surface area contributed by atoms with E-state index in [-0.39, 0.29) is 0 Å². The van der Waals surface area contributed by atoms with Crippen molar-refractivity contribution < 1.29 is 0 Å². The van der Waals surface area contributed by atoms with Crippen LogP contribution in [-0.4, -0.2) is 19.1 Å². The monoisotopic (exact) mass is 218 g/mol. The van der Waals surface area contributed by atoms with Crippen molar-refractivity contribution in [1.82, 2.24) is 5.32 Å². The second-order valence-corrected chi connectivity index (χ2v) is 4.72. The highest BCUT2D eigenvalue weighted by molar-refractivity contribution is 5.14. The van der Waals surface area contributed by atoms with Crippen molar-refractivity contribution in [1.29, 1.82) is 0 Å². The molecular weight excluding hydrogens is 196 g/mol. The zero-order valence-corrected chi connectivity index (χ0v) is 9.86. The Balaban J connectivity index is 1.72. The fraction of sp³-hybridized carbons (Fsp3) is 0.571. The number of hydrogen-bond acceptors (Lipinski definition) is 2. The van der Waals surface area contributed by atoms with E-state index in [4.69, 9.17) is 5.73 Å². The maximum atomic E-state index is 5.77. The van der Waals surface area contributed by atoms with Crippen LogP contribution in [0.3, 0.4) is 0 Å². The number of nitrogens with two attached hydrogens (primary N) is 1. The Bertz CT molecular complexity index is 297. The quantitative estimate of drug-likeness (QED) is 0.792. The molecule has 3 N–H and O–H groups in total. The molecule has 1 aliphatic carbocycles. The van der Waals surface area contributed by atoms with E-state index in [1.807, 2.05) is 0 Å². The molecule has 0 spiro atoms. The fourth-order valence-corrected chi connectivity index (χ4v) is 2.63. The van der Waals surface area contributed by atoms with Crippen LogP contribution in [0.1, 0.15) is 24.8 Å². The Morgan fingerprint density at radius 2 is 2.00 bits per heavy atom. The van der Waals surface area contributed by atoms with E-state index in [0.29, 0.717) is 12.0 Å². The Hall–Kier alpha value is -0.860. The molecule has 0 radical (unpaired) electrons. The minimum absolute atomic E-state index is 0.661. The summed E-state index contributed by atoms with van der Waals surface area (Å²) in [7, 11) is 0. The van der Waals surface area contributed by atoms with E-state index < -0.39 is 0 Å². The molecule has 0 saturated heterocycles. The molecule has 1 fully saturated rings. The van der Waals surface area contributed by atoms with Gasteiger partial charge in [0.05, 0.1) is 0 Å². The maximum Gasteiger partial charge on any atom is 0.0107 e. The average molecular weight is 218 g/mol. The molecule has 0 aromatic heterocycles. The lowest BCUT2D eigenvalue weighted by atomic mass is 10.0. The zero-order valence-electron chi connectivity index (χ0n) is 9.86. The van der Waals surface area contributed by atoms with Crippen LogP contribution in [0.25, 0.3) is 0 Å². The van der Waals surface area contributed by atoms with Gasteiger partial charge in [0.1, 0.15) is 0 Å². The molecule has 2 unspecified atom stereocenters. The summed E-state index contributed by atoms with van der Waals surface area (Å²) < 4.78 is 0. The first kappa shape index (κ1) is 11.6. The maximum absolute atomic E-state index is 5.77. The van der Waals surface area contributed by atoms with Crippen LogP contribution in [-0.2, 0) is 6.42 Å². The molecule has 0 aliphatic heterocycles. The van der Waals surface area contributed by atoms with Gasteiger partial charge < -0.3 is 11.1 Å². The van der Waals surface area contributed by atoms with Crippen LogP contribution in [0.5, 0.6) is 0 Å². The Morgan fingerprint density at radius 1 is 1.19 bits per heavy atom. The number of benzene rings is 1. The molecule has 2 nitrogen and oxygen atoms in total. The molecule has 1 saturated carbocycles. The van der Waals surface area contributed by atoms with Crippen molar-refractivity contribution in [2.75, 3.05) is 13.1 Å². The third-order valence-corrected chi connectivity index (χ3v) is 3.62. The molecule has 2 atom stereocenters. The first-order valence-corrected chi connectivity index (χ1v) is 6.37. The van der Waals surface area contributed by atoms with Crippen LogP contribution in [0.2, 0.25) is 0 Å². The van der Waals surface area contributed by atoms with Crippen LogP contribution in [0, 0.1) is 5.92 Å². The SMILES string of the molecule is NCC1CCCC1NCCc1ccccc1. The van der Waals surface area contributed by atoms with E-state index in [0.717, 1.165) is 19.5 Å². The number of nitrogens with one attached hydrogen (secondary N) is 1. The largest absolute Gasteiger partial charge is 0.330 e. The van der Waals surface area contributed by atoms with E-state index in [9.17, 15) is 0 Å². The summed E-state index contributed by atoms with van der Waals surface area (Å²) in [5.41, 5.74) is 7.18. The molecule has 1 aromatic rings. The fourth-order valence-electron chi connectivity index (χ4n) is 2.63. The second kappa shape index (κ2) is 6.02. The smallest absolute Gasteiger partial charge is 0.0107 e. The van der Waals surface area contributed by atoms with E-state index in [1.54, 1.807) is 0 Å². The predicted octanol–water partition coefficient (Wildman–Crippen LogP) is 1.95. The topological polar surface area (TPSA) is 38.0 Å². The lowest BCUT2D eigenvalue weighted by molar-refractivity contribution is 0.410. The second-order valence-electron chi connectivity index (χ2n) is 4.72. The van der Waals surface area contributed by atoms with Gasteiger partial charge in [0.15, 0.2) is 0 Å². The summed E-state index contributed by atoms with van der Waals surface area (Å²) in [6.07, 6.45) is 5.07. The molecule has 0 amide bonds. The highest BCUT2D eigenvalue weighted by atomic mass is 14.9. The van der Waals surface area contributed by atoms with Gasteiger partial charge in [0, 0.05) is 6.04 Å². The summed E-state index contributed by atoms with van der Waals surface area (Å²) >= 11 is 0. The van der Waals surface area contributed by atoms with Crippen molar-refractivity contribution in [3.8, 4) is 0 Å². The van der Waals surface area contributed by atoms with Crippen molar-refractivity contribution >= 4 is 0 Å². The molecule has 16 heavy (non-hydrogen) atoms. The van der Waals surface area contributed by atoms with Gasteiger partial charge in [-0.15, -0.1) is 0 Å². The van der Waals surface area contributed by atoms with Gasteiger partial charge in [-0.3, -0.25) is 0 Å². The molecule has 1 aromatic carbocycles. The van der Waals surface area contributed by atoms with Crippen molar-refractivity contribution in [2.24, 2.45) is 11.7 Å². The standard InChI is InChI=1S/C14H22N2/c15-11-13-7-4-8-14(13)16-10-9-12-5-2-1-3-6-12/h1-3,5-6,13-14,16H,4,7-11,15H2. The zero-order chi connectivity index (χ0) is 11.2. The molecule has 2 rings (SSSR count). The summed E-state index contributed by atoms with van der Waals surface area (Å²) in [5.74, 6) is 0.704. The van der Waals surface area contributed by atoms with Gasteiger partial charge in [-0.25, -0.2) is 0 Å². The summed E-state index contributed by atoms with van der Waals surface area (Å²) in [5, 5.41) is 3.65. The summed E-state index contributed by atoms with van der Waals surface area (Å²) in [6, 6.07) is 11.3. The molecule has 0 heterocycles. The highest BCUT2D eigenvalue weighted by Crippen LogP contribution is 2.24. The Kier molecular flexibility index (Phi) is 4.37. The van der Waals surface area contributed by atoms with Gasteiger partial charge in [-0.05, 0) is 43.8 Å². The van der Waals surface area contributed by atoms with Gasteiger partial charge in [-0.1, -0.05) is 36.8 Å². The Morgan fingerprint density at radius 3 is 2.75 bits per heavy atom. The molecule has 1 aliphatic rings. The minimum Gasteiger partial charge on any atom is -0.330 e. The van der Waals surface area contributed by atoms with Gasteiger partial charge in [0.2, 0.25) is 0 Å². The summed E-state index contributed by atoms with van der Waals surface area (Å²) in [4.78, 5) is 0. The van der Waals surface area contributed by atoms with E-state index in [2.05, 4.69) is 35.6 Å². The first-order valence-electron chi connectivity index (χ1n) is 6.37. The third-order valence-electron chi connectivity index (χ3n) is 3.62. The summed E-state index contributed by atoms with van der Waals surface area (Å²) in [6.45, 7) is 1.91. The molecule has 0 bridgehead atoms. The van der Waals surface area contributed by atoms with Gasteiger partial charge in [0.25, 0.3) is 0 Å². The van der Waals surface area contributed by atoms with Gasteiger partial charge in [-0.2, -0.15) is 0 Å². The van der Waals surface area contributed by atoms with Crippen molar-refractivity contribution in [2.45, 2.75) is 31.7 Å². The highest BCUT2D eigenvalue weighted by Gasteiger charge is 2.24. The average Bonchev–Trinajstić information content (AvgIpc) is 2.78. The number of rotatable bonds is 5. The lowest BCUT2D eigenvalue weighted by Crippen LogP contribution is -2.37. The lowest BCUT2D eigenvalue weighted by Gasteiger charge is -2.19. The van der Waals surface area contributed by atoms with E-state index in [1.165, 1.54) is 24.8 Å². The molecule has 88 valence electrons. The third kappa shape index (κ3) is 3.06. The predicted molar refractivity (Wildman–Crippen MR) is 68.3 cm³/mol. The van der Waals surface area contributed by atoms with Crippen LogP contribution >= 0.6 is 0 Å². The minimum atomic E-state index is 0.661. The van der Waals surface area contributed by atoms with E-state index >= 15 is 0 Å². The first-order chi connectivity index (χ1) is 7.90. The van der Waals surface area contributed by atoms with Crippen LogP contribution in [0.4, 0.5) is 0 Å². The number of hydrogen-bond donors (Lipinski definition) is 2. The van der Waals surface area contributed by atoms with Crippen LogP contribution < -0.4 is 11.1 Å². The molecular formula is C14H22N2. The Labute approximate surface area is 98.2 Å². The van der Waals surface area contributed by atoms with Crippen LogP contribution in [0.15, 0.2) is 30.3 Å². The normalized spacial score (nSPS) is 24.8. The van der Waals surface area contributed by atoms with Crippen molar-refractivity contribution in [3.05, 3.63) is 35.9 Å². The van der Waals surface area contributed by atoms with Gasteiger partial charge >= 0.3 is 0 Å². The van der Waals surface area contributed by atoms with Crippen molar-refractivity contribution in [3.63, 3.8) is 0 Å².